The van der Waals surface area contributed by atoms with Crippen LogP contribution in [0.25, 0.3) is 0 Å². The van der Waals surface area contributed by atoms with Gasteiger partial charge in [-0.15, -0.1) is 0 Å². The van der Waals surface area contributed by atoms with Crippen LogP contribution in [0.2, 0.25) is 0 Å². The van der Waals surface area contributed by atoms with Crippen molar-refractivity contribution < 1.29 is 4.79 Å². The van der Waals surface area contributed by atoms with Crippen molar-refractivity contribution in [1.29, 1.82) is 5.26 Å². The number of amides is 1. The molecule has 0 aromatic carbocycles. The van der Waals surface area contributed by atoms with Gasteiger partial charge in [-0.3, -0.25) is 10.1 Å². The van der Waals surface area contributed by atoms with Gasteiger partial charge in [-0.1, -0.05) is 0 Å². The molecule has 0 aliphatic carbocycles. The molecule has 2 rings (SSSR count). The van der Waals surface area contributed by atoms with Crippen LogP contribution in [-0.4, -0.2) is 45.6 Å². The summed E-state index contributed by atoms with van der Waals surface area (Å²) in [7, 11) is 0. The molecule has 1 aliphatic rings. The first kappa shape index (κ1) is 12.5. The molecule has 1 aromatic heterocycles. The number of nitrogens with zero attached hydrogens (tertiary/aromatic N) is 4. The van der Waals surface area contributed by atoms with Crippen LogP contribution in [-0.2, 0) is 4.79 Å². The number of hydrogen-bond acceptors (Lipinski definition) is 5. The molecule has 0 atom stereocenters. The summed E-state index contributed by atoms with van der Waals surface area (Å²) < 4.78 is 0. The molecule has 1 aromatic rings. The minimum absolute atomic E-state index is 0.00770. The predicted octanol–water partition coefficient (Wildman–Crippen LogP) is 0.369. The molecule has 0 saturated carbocycles. The van der Waals surface area contributed by atoms with Gasteiger partial charge in [-0.2, -0.15) is 15.3 Å². The monoisotopic (exact) mass is 248 g/mol. The van der Waals surface area contributed by atoms with Crippen molar-refractivity contribution in [3.63, 3.8) is 0 Å². The minimum atomic E-state index is -0.00770. The highest BCUT2D eigenvalue weighted by Crippen LogP contribution is 2.18. The summed E-state index contributed by atoms with van der Waals surface area (Å²) in [6.45, 7) is 2.54. The molecule has 1 fully saturated rings. The summed E-state index contributed by atoms with van der Waals surface area (Å²) in [6.07, 6.45) is 3.56. The highest BCUT2D eigenvalue weighted by atomic mass is 16.2. The highest BCUT2D eigenvalue weighted by Gasteiger charge is 2.25. The standard InChI is InChI=1S/C11H16N6O/c12-4-1-5-17-6-2-9(3-7-17)10(18)15-11-13-8-14-16-11/h8-9H,1-3,5-7H2,(H2,13,14,15,16,18). The largest absolute Gasteiger partial charge is 0.302 e. The van der Waals surface area contributed by atoms with Gasteiger partial charge in [-0.25, -0.2) is 5.10 Å². The van der Waals surface area contributed by atoms with Crippen LogP contribution >= 0.6 is 0 Å². The van der Waals surface area contributed by atoms with Gasteiger partial charge in [0.2, 0.25) is 11.9 Å². The van der Waals surface area contributed by atoms with Crippen LogP contribution in [0, 0.1) is 17.2 Å². The van der Waals surface area contributed by atoms with Crippen molar-refractivity contribution in [2.45, 2.75) is 19.3 Å². The third-order valence-electron chi connectivity index (χ3n) is 3.15. The second-order valence-electron chi connectivity index (χ2n) is 4.35. The summed E-state index contributed by atoms with van der Waals surface area (Å²) in [5.41, 5.74) is 0. The number of piperidine rings is 1. The van der Waals surface area contributed by atoms with Gasteiger partial charge in [-0.05, 0) is 25.9 Å². The normalized spacial score (nSPS) is 17.3. The minimum Gasteiger partial charge on any atom is -0.302 e. The third-order valence-corrected chi connectivity index (χ3v) is 3.15. The van der Waals surface area contributed by atoms with Gasteiger partial charge >= 0.3 is 0 Å². The van der Waals surface area contributed by atoms with Crippen LogP contribution < -0.4 is 5.32 Å². The first-order chi connectivity index (χ1) is 8.79. The number of rotatable bonds is 4. The third kappa shape index (κ3) is 3.28. The van der Waals surface area contributed by atoms with Gasteiger partial charge in [0.15, 0.2) is 0 Å². The zero-order valence-electron chi connectivity index (χ0n) is 10.1. The Morgan fingerprint density at radius 1 is 1.61 bits per heavy atom. The number of carbonyl (C=O) groups is 1. The van der Waals surface area contributed by atoms with E-state index < -0.39 is 0 Å². The van der Waals surface area contributed by atoms with Crippen LogP contribution in [0.4, 0.5) is 5.95 Å². The molecular formula is C11H16N6O. The number of aromatic nitrogens is 3. The van der Waals surface area contributed by atoms with E-state index in [0.29, 0.717) is 12.4 Å². The Balaban J connectivity index is 1.75. The molecule has 1 aliphatic heterocycles. The van der Waals surface area contributed by atoms with Gasteiger partial charge in [0.1, 0.15) is 6.33 Å². The Morgan fingerprint density at radius 2 is 2.39 bits per heavy atom. The summed E-state index contributed by atoms with van der Waals surface area (Å²) in [5.74, 6) is 0.409. The first-order valence-electron chi connectivity index (χ1n) is 6.05. The van der Waals surface area contributed by atoms with Gasteiger partial charge in [0, 0.05) is 18.9 Å². The number of H-pyrrole nitrogens is 1. The molecule has 0 spiro atoms. The lowest BCUT2D eigenvalue weighted by molar-refractivity contribution is -0.121. The van der Waals surface area contributed by atoms with E-state index in [1.54, 1.807) is 0 Å². The molecule has 7 nitrogen and oxygen atoms in total. The summed E-state index contributed by atoms with van der Waals surface area (Å²) in [4.78, 5) is 18.0. The quantitative estimate of drug-likeness (QED) is 0.802. The predicted molar refractivity (Wildman–Crippen MR) is 64.4 cm³/mol. The second-order valence-corrected chi connectivity index (χ2v) is 4.35. The van der Waals surface area contributed by atoms with Gasteiger partial charge in [0.05, 0.1) is 6.07 Å². The molecule has 0 bridgehead atoms. The lowest BCUT2D eigenvalue weighted by Gasteiger charge is -2.30. The smallest absolute Gasteiger partial charge is 0.229 e. The molecule has 1 saturated heterocycles. The Morgan fingerprint density at radius 3 is 3.00 bits per heavy atom. The Bertz CT molecular complexity index is 415. The van der Waals surface area contributed by atoms with Gasteiger partial charge < -0.3 is 4.90 Å². The van der Waals surface area contributed by atoms with Crippen LogP contribution in [0.3, 0.4) is 0 Å². The van der Waals surface area contributed by atoms with E-state index >= 15 is 0 Å². The van der Waals surface area contributed by atoms with Crippen molar-refractivity contribution in [1.82, 2.24) is 20.1 Å². The van der Waals surface area contributed by atoms with Crippen molar-refractivity contribution in [3.05, 3.63) is 6.33 Å². The van der Waals surface area contributed by atoms with Crippen molar-refractivity contribution in [2.75, 3.05) is 25.0 Å². The first-order valence-corrected chi connectivity index (χ1v) is 6.05. The average Bonchev–Trinajstić information content (AvgIpc) is 2.89. The molecule has 7 heteroatoms. The number of anilines is 1. The fourth-order valence-electron chi connectivity index (χ4n) is 2.11. The number of likely N-dealkylation sites (tertiary alicyclic amines) is 1. The van der Waals surface area contributed by atoms with Crippen molar-refractivity contribution in [2.24, 2.45) is 5.92 Å². The number of nitriles is 1. The Kier molecular flexibility index (Phi) is 4.25. The molecule has 0 radical (unpaired) electrons. The maximum Gasteiger partial charge on any atom is 0.229 e. The summed E-state index contributed by atoms with van der Waals surface area (Å²) in [5, 5.41) is 17.5. The molecule has 0 unspecified atom stereocenters. The Labute approximate surface area is 105 Å². The molecule has 1 amide bonds. The SMILES string of the molecule is N#CCCN1CCC(C(=O)Nc2ncn[nH]2)CC1. The van der Waals surface area contributed by atoms with Crippen LogP contribution in [0.5, 0.6) is 0 Å². The molecule has 18 heavy (non-hydrogen) atoms. The Hall–Kier alpha value is -1.94. The number of hydrogen-bond donors (Lipinski definition) is 2. The van der Waals surface area contributed by atoms with E-state index in [0.717, 1.165) is 32.5 Å². The van der Waals surface area contributed by atoms with E-state index in [1.165, 1.54) is 6.33 Å². The van der Waals surface area contributed by atoms with Crippen molar-refractivity contribution >= 4 is 11.9 Å². The lowest BCUT2D eigenvalue weighted by Crippen LogP contribution is -2.38. The fourth-order valence-corrected chi connectivity index (χ4v) is 2.11. The lowest BCUT2D eigenvalue weighted by atomic mass is 9.96. The summed E-state index contributed by atoms with van der Waals surface area (Å²) in [6, 6.07) is 2.14. The molecule has 96 valence electrons. The van der Waals surface area contributed by atoms with E-state index in [9.17, 15) is 4.79 Å². The molecule has 2 N–H and O–H groups in total. The zero-order valence-corrected chi connectivity index (χ0v) is 10.1. The van der Waals surface area contributed by atoms with Crippen LogP contribution in [0.1, 0.15) is 19.3 Å². The van der Waals surface area contributed by atoms with Crippen LogP contribution in [0.15, 0.2) is 6.33 Å². The van der Waals surface area contributed by atoms with Crippen molar-refractivity contribution in [3.8, 4) is 6.07 Å². The van der Waals surface area contributed by atoms with Gasteiger partial charge in [0.25, 0.3) is 0 Å². The highest BCUT2D eigenvalue weighted by molar-refractivity contribution is 5.90. The number of nitrogens with one attached hydrogen (secondary N) is 2. The molecular weight excluding hydrogens is 232 g/mol. The fraction of sp³-hybridized carbons (Fsp3) is 0.636. The topological polar surface area (TPSA) is 97.7 Å². The number of carbonyl (C=O) groups excluding carboxylic acids is 1. The van der Waals surface area contributed by atoms with E-state index in [4.69, 9.17) is 5.26 Å². The van der Waals surface area contributed by atoms with E-state index in [2.05, 4.69) is 31.5 Å². The maximum absolute atomic E-state index is 11.9. The van der Waals surface area contributed by atoms with E-state index in [-0.39, 0.29) is 11.8 Å². The maximum atomic E-state index is 11.9. The zero-order chi connectivity index (χ0) is 12.8. The van der Waals surface area contributed by atoms with E-state index in [1.807, 2.05) is 0 Å². The average molecular weight is 248 g/mol. The number of aromatic amines is 1. The molecule has 2 heterocycles. The summed E-state index contributed by atoms with van der Waals surface area (Å²) >= 11 is 0. The second kappa shape index (κ2) is 6.12.